The lowest BCUT2D eigenvalue weighted by molar-refractivity contribution is -0.137. The standard InChI is InChI=1S/C21H20F3N3O3/c1-12-18-16(20(28)27-7-6-13(10-27)11-29-2)9-17(25-19(18)30-26-12)14-4-3-5-15(8-14)21(22,23)24/h3-5,8-9,13H,6-7,10-11H2,1-2H3. The van der Waals surface area contributed by atoms with Crippen LogP contribution in [0.2, 0.25) is 0 Å². The molecule has 2 aromatic heterocycles. The number of methoxy groups -OCH3 is 1. The molecule has 0 N–H and O–H groups in total. The highest BCUT2D eigenvalue weighted by Gasteiger charge is 2.32. The molecule has 0 spiro atoms. The van der Waals surface area contributed by atoms with E-state index in [9.17, 15) is 18.0 Å². The van der Waals surface area contributed by atoms with Crippen LogP contribution in [0.4, 0.5) is 13.2 Å². The van der Waals surface area contributed by atoms with Gasteiger partial charge in [-0.05, 0) is 31.5 Å². The quantitative estimate of drug-likeness (QED) is 0.630. The third-order valence-corrected chi connectivity index (χ3v) is 5.31. The Hall–Kier alpha value is -2.94. The number of aromatic nitrogens is 2. The van der Waals surface area contributed by atoms with Gasteiger partial charge in [0.05, 0.1) is 34.5 Å². The summed E-state index contributed by atoms with van der Waals surface area (Å²) in [4.78, 5) is 19.3. The average molecular weight is 419 g/mol. The molecule has 1 atom stereocenters. The van der Waals surface area contributed by atoms with E-state index in [4.69, 9.17) is 9.26 Å². The smallest absolute Gasteiger partial charge is 0.384 e. The summed E-state index contributed by atoms with van der Waals surface area (Å²) in [6, 6.07) is 6.36. The molecule has 1 aliphatic heterocycles. The highest BCUT2D eigenvalue weighted by molar-refractivity contribution is 6.07. The number of halogens is 3. The first-order valence-electron chi connectivity index (χ1n) is 9.51. The van der Waals surface area contributed by atoms with Crippen LogP contribution in [0.1, 0.15) is 28.0 Å². The average Bonchev–Trinajstić information content (AvgIpc) is 3.34. The molecule has 1 aliphatic rings. The summed E-state index contributed by atoms with van der Waals surface area (Å²) in [6.45, 7) is 3.41. The van der Waals surface area contributed by atoms with Crippen molar-refractivity contribution in [2.75, 3.05) is 26.8 Å². The molecule has 0 bridgehead atoms. The van der Waals surface area contributed by atoms with Crippen molar-refractivity contribution >= 4 is 17.0 Å². The first-order chi connectivity index (χ1) is 14.3. The van der Waals surface area contributed by atoms with Gasteiger partial charge in [-0.2, -0.15) is 13.2 Å². The van der Waals surface area contributed by atoms with Crippen molar-refractivity contribution in [3.8, 4) is 11.3 Å². The first kappa shape index (κ1) is 20.3. The van der Waals surface area contributed by atoms with E-state index in [2.05, 4.69) is 10.1 Å². The van der Waals surface area contributed by atoms with Gasteiger partial charge in [0.2, 0.25) is 0 Å². The Morgan fingerprint density at radius 1 is 1.33 bits per heavy atom. The summed E-state index contributed by atoms with van der Waals surface area (Å²) in [7, 11) is 1.62. The van der Waals surface area contributed by atoms with Crippen LogP contribution in [-0.4, -0.2) is 47.8 Å². The summed E-state index contributed by atoms with van der Waals surface area (Å²) in [5, 5.41) is 4.37. The number of pyridine rings is 1. The van der Waals surface area contributed by atoms with Crippen molar-refractivity contribution in [1.29, 1.82) is 0 Å². The predicted molar refractivity (Wildman–Crippen MR) is 103 cm³/mol. The lowest BCUT2D eigenvalue weighted by Crippen LogP contribution is -2.29. The molecule has 3 heterocycles. The van der Waals surface area contributed by atoms with E-state index in [-0.39, 0.29) is 28.8 Å². The Balaban J connectivity index is 1.77. The molecule has 0 saturated carbocycles. The van der Waals surface area contributed by atoms with E-state index in [0.29, 0.717) is 36.3 Å². The minimum atomic E-state index is -4.48. The molecule has 0 radical (unpaired) electrons. The van der Waals surface area contributed by atoms with E-state index in [1.807, 2.05) is 0 Å². The highest BCUT2D eigenvalue weighted by atomic mass is 19.4. The summed E-state index contributed by atoms with van der Waals surface area (Å²) < 4.78 is 49.8. The number of nitrogens with zero attached hydrogens (tertiary/aromatic N) is 3. The van der Waals surface area contributed by atoms with Crippen LogP contribution in [0.5, 0.6) is 0 Å². The first-order valence-corrected chi connectivity index (χ1v) is 9.51. The molecular weight excluding hydrogens is 399 g/mol. The largest absolute Gasteiger partial charge is 0.416 e. The second-order valence-electron chi connectivity index (χ2n) is 7.44. The summed E-state index contributed by atoms with van der Waals surface area (Å²) >= 11 is 0. The van der Waals surface area contributed by atoms with E-state index in [0.717, 1.165) is 18.6 Å². The van der Waals surface area contributed by atoms with Crippen LogP contribution in [0.15, 0.2) is 34.9 Å². The Labute approximate surface area is 170 Å². The molecule has 30 heavy (non-hydrogen) atoms. The number of rotatable bonds is 4. The molecule has 1 fully saturated rings. The van der Waals surface area contributed by atoms with Crippen molar-refractivity contribution in [1.82, 2.24) is 15.0 Å². The normalized spacial score (nSPS) is 17.1. The fourth-order valence-electron chi connectivity index (χ4n) is 3.83. The zero-order chi connectivity index (χ0) is 21.5. The Morgan fingerprint density at radius 3 is 2.87 bits per heavy atom. The lowest BCUT2D eigenvalue weighted by atomic mass is 10.0. The number of alkyl halides is 3. The maximum Gasteiger partial charge on any atom is 0.416 e. The number of hydrogen-bond acceptors (Lipinski definition) is 5. The van der Waals surface area contributed by atoms with Crippen molar-refractivity contribution < 1.29 is 27.2 Å². The Kier molecular flexibility index (Phi) is 5.23. The van der Waals surface area contributed by atoms with Gasteiger partial charge in [0.25, 0.3) is 11.6 Å². The van der Waals surface area contributed by atoms with Gasteiger partial charge in [-0.25, -0.2) is 4.98 Å². The number of amides is 1. The number of carbonyl (C=O) groups excluding carboxylic acids is 1. The zero-order valence-electron chi connectivity index (χ0n) is 16.5. The highest BCUT2D eigenvalue weighted by Crippen LogP contribution is 2.34. The second-order valence-corrected chi connectivity index (χ2v) is 7.44. The van der Waals surface area contributed by atoms with Gasteiger partial charge in [0.1, 0.15) is 0 Å². The topological polar surface area (TPSA) is 68.5 Å². The predicted octanol–water partition coefficient (Wildman–Crippen LogP) is 4.33. The second kappa shape index (κ2) is 7.71. The molecule has 1 aromatic carbocycles. The van der Waals surface area contributed by atoms with Gasteiger partial charge in [0, 0.05) is 31.7 Å². The van der Waals surface area contributed by atoms with Crippen LogP contribution in [-0.2, 0) is 10.9 Å². The molecule has 1 unspecified atom stereocenters. The molecule has 1 saturated heterocycles. The number of carbonyl (C=O) groups is 1. The number of aryl methyl sites for hydroxylation is 1. The van der Waals surface area contributed by atoms with Crippen LogP contribution in [0, 0.1) is 12.8 Å². The molecule has 9 heteroatoms. The Morgan fingerprint density at radius 2 is 2.13 bits per heavy atom. The van der Waals surface area contributed by atoms with Crippen molar-refractivity contribution in [2.24, 2.45) is 5.92 Å². The van der Waals surface area contributed by atoms with Gasteiger partial charge in [-0.1, -0.05) is 17.3 Å². The van der Waals surface area contributed by atoms with Gasteiger partial charge in [0.15, 0.2) is 0 Å². The van der Waals surface area contributed by atoms with Crippen molar-refractivity contribution in [3.63, 3.8) is 0 Å². The van der Waals surface area contributed by atoms with Crippen LogP contribution >= 0.6 is 0 Å². The molecule has 1 amide bonds. The number of fused-ring (bicyclic) bond motifs is 1. The SMILES string of the molecule is COCC1CCN(C(=O)c2cc(-c3cccc(C(F)(F)F)c3)nc3onc(C)c23)C1. The number of ether oxygens (including phenoxy) is 1. The third-order valence-electron chi connectivity index (χ3n) is 5.31. The van der Waals surface area contributed by atoms with Crippen molar-refractivity contribution in [2.45, 2.75) is 19.5 Å². The Bertz CT molecular complexity index is 1090. The van der Waals surface area contributed by atoms with Gasteiger partial charge in [-0.3, -0.25) is 4.79 Å². The summed E-state index contributed by atoms with van der Waals surface area (Å²) in [5.74, 6) is 0.0308. The van der Waals surface area contributed by atoms with Crippen LogP contribution in [0.25, 0.3) is 22.4 Å². The summed E-state index contributed by atoms with van der Waals surface area (Å²) in [5.41, 5.74) is 0.631. The molecule has 3 aromatic rings. The maximum atomic E-state index is 13.3. The number of likely N-dealkylation sites (tertiary alicyclic amines) is 1. The van der Waals surface area contributed by atoms with Gasteiger partial charge < -0.3 is 14.2 Å². The third kappa shape index (κ3) is 3.77. The number of benzene rings is 1. The van der Waals surface area contributed by atoms with Gasteiger partial charge in [-0.15, -0.1) is 0 Å². The monoisotopic (exact) mass is 419 g/mol. The summed E-state index contributed by atoms with van der Waals surface area (Å²) in [6.07, 6.45) is -3.65. The maximum absolute atomic E-state index is 13.3. The fraction of sp³-hybridized carbons (Fsp3) is 0.381. The van der Waals surface area contributed by atoms with Crippen LogP contribution in [0.3, 0.4) is 0 Å². The molecule has 0 aliphatic carbocycles. The lowest BCUT2D eigenvalue weighted by Gasteiger charge is -2.17. The van der Waals surface area contributed by atoms with E-state index in [1.54, 1.807) is 18.9 Å². The molecule has 158 valence electrons. The molecular formula is C21H20F3N3O3. The molecule has 4 rings (SSSR count). The van der Waals surface area contributed by atoms with E-state index < -0.39 is 11.7 Å². The van der Waals surface area contributed by atoms with Gasteiger partial charge >= 0.3 is 6.18 Å². The minimum Gasteiger partial charge on any atom is -0.384 e. The van der Waals surface area contributed by atoms with E-state index in [1.165, 1.54) is 18.2 Å². The minimum absolute atomic E-state index is 0.124. The van der Waals surface area contributed by atoms with Crippen molar-refractivity contribution in [3.05, 3.63) is 47.2 Å². The molecule has 6 nitrogen and oxygen atoms in total. The zero-order valence-corrected chi connectivity index (χ0v) is 16.5. The fourth-order valence-corrected chi connectivity index (χ4v) is 3.83. The van der Waals surface area contributed by atoms with E-state index >= 15 is 0 Å². The van der Waals surface area contributed by atoms with Crippen LogP contribution < -0.4 is 0 Å². The number of hydrogen-bond donors (Lipinski definition) is 0.